The van der Waals surface area contributed by atoms with Crippen LogP contribution in [0.5, 0.6) is 5.75 Å². The fourth-order valence-electron chi connectivity index (χ4n) is 0.515. The average Bonchev–Trinajstić information content (AvgIpc) is 2.38. The number of thiophene rings is 1. The van der Waals surface area contributed by atoms with Gasteiger partial charge in [0.05, 0.1) is 5.75 Å². The third kappa shape index (κ3) is 12.4. The summed E-state index contributed by atoms with van der Waals surface area (Å²) in [5.74, 6) is 0.229. The van der Waals surface area contributed by atoms with Crippen LogP contribution in [0, 0.1) is 0 Å². The summed E-state index contributed by atoms with van der Waals surface area (Å²) < 4.78 is 27.6. The van der Waals surface area contributed by atoms with E-state index in [1.54, 1.807) is 18.4 Å². The first-order valence-corrected chi connectivity index (χ1v) is 6.17. The van der Waals surface area contributed by atoms with Crippen LogP contribution >= 0.6 is 11.3 Å². The van der Waals surface area contributed by atoms with Crippen molar-refractivity contribution in [1.29, 1.82) is 0 Å². The molecule has 0 aliphatic heterocycles. The maximum absolute atomic E-state index is 9.79. The quantitative estimate of drug-likeness (QED) is 0.512. The van der Waals surface area contributed by atoms with E-state index in [4.69, 9.17) is 9.66 Å². The molecule has 0 amide bonds. The Morgan fingerprint density at radius 3 is 2.21 bits per heavy atom. The number of hydrogen-bond donors (Lipinski definition) is 2. The van der Waals surface area contributed by atoms with Gasteiger partial charge in [-0.3, -0.25) is 4.55 Å². The fraction of sp³-hybridized carbons (Fsp3) is 0.429. The number of aromatic hydroxyl groups is 1. The van der Waals surface area contributed by atoms with E-state index in [9.17, 15) is 8.42 Å². The maximum atomic E-state index is 9.79. The molecule has 0 aliphatic carbocycles. The Kier molecular flexibility index (Phi) is 10.5. The molecular formula is C7H13NaO4S2. The van der Waals surface area contributed by atoms with Crippen LogP contribution in [0.2, 0.25) is 0 Å². The Hall–Kier alpha value is 0.410. The first kappa shape index (κ1) is 16.8. The van der Waals surface area contributed by atoms with E-state index in [1.807, 2.05) is 5.38 Å². The molecule has 0 fully saturated rings. The van der Waals surface area contributed by atoms with Crippen LogP contribution in [0.1, 0.15) is 14.8 Å². The normalized spacial score (nSPS) is 9.57. The molecule has 0 saturated heterocycles. The van der Waals surface area contributed by atoms with Gasteiger partial charge in [-0.05, 0) is 17.9 Å². The van der Waals surface area contributed by atoms with Crippen LogP contribution in [-0.4, -0.2) is 23.8 Å². The SMILES string of the molecule is CCCS(=O)(=O)O.Oc1ccsc1.[H-].[Na+]. The van der Waals surface area contributed by atoms with Crippen LogP contribution in [0.25, 0.3) is 0 Å². The summed E-state index contributed by atoms with van der Waals surface area (Å²) in [7, 11) is -3.67. The Morgan fingerprint density at radius 1 is 1.57 bits per heavy atom. The van der Waals surface area contributed by atoms with E-state index >= 15 is 0 Å². The molecule has 0 aromatic carbocycles. The van der Waals surface area contributed by atoms with E-state index in [1.165, 1.54) is 11.3 Å². The third-order valence-electron chi connectivity index (χ3n) is 0.968. The van der Waals surface area contributed by atoms with E-state index in [0.717, 1.165) is 0 Å². The van der Waals surface area contributed by atoms with Crippen LogP contribution in [0.3, 0.4) is 0 Å². The summed E-state index contributed by atoms with van der Waals surface area (Å²) >= 11 is 1.49. The zero-order valence-electron chi connectivity index (χ0n) is 9.17. The largest absolute Gasteiger partial charge is 1.00 e. The van der Waals surface area contributed by atoms with Gasteiger partial charge < -0.3 is 6.53 Å². The van der Waals surface area contributed by atoms with Gasteiger partial charge in [-0.1, -0.05) is 6.92 Å². The first-order chi connectivity index (χ1) is 5.95. The van der Waals surface area contributed by atoms with E-state index in [2.05, 4.69) is 0 Å². The van der Waals surface area contributed by atoms with E-state index < -0.39 is 10.1 Å². The van der Waals surface area contributed by atoms with Crippen LogP contribution in [-0.2, 0) is 10.1 Å². The fourth-order valence-corrected chi connectivity index (χ4v) is 1.55. The molecule has 14 heavy (non-hydrogen) atoms. The van der Waals surface area contributed by atoms with Gasteiger partial charge in [0.1, 0.15) is 5.75 Å². The molecule has 0 saturated carbocycles. The summed E-state index contributed by atoms with van der Waals surface area (Å²) in [5, 5.41) is 12.0. The van der Waals surface area contributed by atoms with Gasteiger partial charge in [0, 0.05) is 5.38 Å². The van der Waals surface area contributed by atoms with Crippen LogP contribution < -0.4 is 29.6 Å². The van der Waals surface area contributed by atoms with Gasteiger partial charge >= 0.3 is 29.6 Å². The Bertz CT molecular complexity index is 312. The maximum Gasteiger partial charge on any atom is 1.00 e. The molecule has 0 radical (unpaired) electrons. The van der Waals surface area contributed by atoms with Crippen molar-refractivity contribution < 1.29 is 49.1 Å². The predicted molar refractivity (Wildman–Crippen MR) is 53.8 cm³/mol. The van der Waals surface area contributed by atoms with Crippen molar-refractivity contribution in [3.63, 3.8) is 0 Å². The zero-order valence-corrected chi connectivity index (χ0v) is 11.8. The van der Waals surface area contributed by atoms with E-state index in [0.29, 0.717) is 12.2 Å². The van der Waals surface area contributed by atoms with Gasteiger partial charge in [0.15, 0.2) is 0 Å². The third-order valence-corrected chi connectivity index (χ3v) is 2.56. The molecule has 4 nitrogen and oxygen atoms in total. The van der Waals surface area contributed by atoms with Crippen LogP contribution in [0.4, 0.5) is 0 Å². The molecule has 0 unspecified atom stereocenters. The molecule has 1 heterocycles. The van der Waals surface area contributed by atoms with Gasteiger partial charge in [0.25, 0.3) is 10.1 Å². The molecule has 2 N–H and O–H groups in total. The summed E-state index contributed by atoms with van der Waals surface area (Å²) in [6.45, 7) is 1.69. The molecule has 7 heteroatoms. The second kappa shape index (κ2) is 8.70. The first-order valence-electron chi connectivity index (χ1n) is 3.62. The zero-order chi connectivity index (χ0) is 10.3. The van der Waals surface area contributed by atoms with Gasteiger partial charge in [0.2, 0.25) is 0 Å². The summed E-state index contributed by atoms with van der Waals surface area (Å²) in [5.41, 5.74) is 0. The van der Waals surface area contributed by atoms with Crippen molar-refractivity contribution in [2.75, 3.05) is 5.75 Å². The van der Waals surface area contributed by atoms with E-state index in [-0.39, 0.29) is 36.7 Å². The molecule has 0 spiro atoms. The van der Waals surface area contributed by atoms with Gasteiger partial charge in [-0.25, -0.2) is 0 Å². The minimum atomic E-state index is -3.67. The molecule has 0 aliphatic rings. The van der Waals surface area contributed by atoms with Crippen molar-refractivity contribution >= 4 is 21.5 Å². The van der Waals surface area contributed by atoms with Crippen molar-refractivity contribution in [2.45, 2.75) is 13.3 Å². The summed E-state index contributed by atoms with van der Waals surface area (Å²) in [6, 6.07) is 1.66. The second-order valence-electron chi connectivity index (χ2n) is 2.27. The van der Waals surface area contributed by atoms with Crippen molar-refractivity contribution in [3.8, 4) is 5.75 Å². The Balaban J connectivity index is -0.000000170. The topological polar surface area (TPSA) is 74.6 Å². The number of rotatable bonds is 2. The van der Waals surface area contributed by atoms with Crippen molar-refractivity contribution in [1.82, 2.24) is 0 Å². The van der Waals surface area contributed by atoms with Crippen LogP contribution in [0.15, 0.2) is 16.8 Å². The molecule has 1 rings (SSSR count). The minimum Gasteiger partial charge on any atom is -1.00 e. The van der Waals surface area contributed by atoms with Gasteiger partial charge in [-0.2, -0.15) is 8.42 Å². The monoisotopic (exact) mass is 248 g/mol. The average molecular weight is 248 g/mol. The molecule has 1 aromatic heterocycles. The standard InChI is InChI=1S/C4H4OS.C3H8O3S.Na.H/c5-4-1-2-6-3-4;1-2-3-7(4,5)6;;/h1-3,5H;2-3H2,1H3,(H,4,5,6);;/q;;+1;-1. The molecular weight excluding hydrogens is 235 g/mol. The van der Waals surface area contributed by atoms with Crippen molar-refractivity contribution in [2.24, 2.45) is 0 Å². The van der Waals surface area contributed by atoms with Crippen molar-refractivity contribution in [3.05, 3.63) is 16.8 Å². The Morgan fingerprint density at radius 2 is 2.14 bits per heavy atom. The summed E-state index contributed by atoms with van der Waals surface area (Å²) in [4.78, 5) is 0. The molecule has 1 aromatic rings. The minimum absolute atomic E-state index is 0. The van der Waals surface area contributed by atoms with Gasteiger partial charge in [-0.15, -0.1) is 11.3 Å². The Labute approximate surface area is 111 Å². The predicted octanol–water partition coefficient (Wildman–Crippen LogP) is -1.15. The second-order valence-corrected chi connectivity index (χ2v) is 4.62. The summed E-state index contributed by atoms with van der Waals surface area (Å²) in [6.07, 6.45) is 0.471. The number of hydrogen-bond acceptors (Lipinski definition) is 4. The molecule has 78 valence electrons. The molecule has 0 bridgehead atoms. The molecule has 0 atom stereocenters. The smallest absolute Gasteiger partial charge is 1.00 e.